The molecule has 1 fully saturated rings. The van der Waals surface area contributed by atoms with E-state index in [0.717, 1.165) is 0 Å². The fourth-order valence-electron chi connectivity index (χ4n) is 4.01. The number of benzene rings is 1. The van der Waals surface area contributed by atoms with Gasteiger partial charge in [0.15, 0.2) is 0 Å². The Morgan fingerprint density at radius 2 is 1.59 bits per heavy atom. The number of hydrogen-bond acceptors (Lipinski definition) is 5. The number of sulfonamides is 1. The highest BCUT2D eigenvalue weighted by atomic mass is 32.2. The molecule has 1 aliphatic heterocycles. The Bertz CT molecular complexity index is 1090. The highest BCUT2D eigenvalue weighted by Crippen LogP contribution is 2.26. The van der Waals surface area contributed by atoms with Gasteiger partial charge >= 0.3 is 0 Å². The normalized spacial score (nSPS) is 16.2. The van der Waals surface area contributed by atoms with Crippen LogP contribution in [0, 0.1) is 13.8 Å². The minimum atomic E-state index is -3.72. The summed E-state index contributed by atoms with van der Waals surface area (Å²) in [6.45, 7) is 9.94. The highest BCUT2D eigenvalue weighted by molar-refractivity contribution is 7.89. The van der Waals surface area contributed by atoms with E-state index in [1.54, 1.807) is 54.6 Å². The van der Waals surface area contributed by atoms with Gasteiger partial charge in [0.25, 0.3) is 5.91 Å². The average molecular weight is 462 g/mol. The van der Waals surface area contributed by atoms with E-state index in [4.69, 9.17) is 0 Å². The van der Waals surface area contributed by atoms with Crippen LogP contribution in [0.1, 0.15) is 48.6 Å². The van der Waals surface area contributed by atoms with Crippen molar-refractivity contribution in [2.75, 3.05) is 26.2 Å². The first-order chi connectivity index (χ1) is 15.0. The number of piperazine rings is 1. The topological polar surface area (TPSA) is 105 Å². The number of aromatic nitrogens is 2. The molecule has 2 amide bonds. The molecule has 2 aromatic rings. The van der Waals surface area contributed by atoms with Crippen LogP contribution in [0.25, 0.3) is 0 Å². The van der Waals surface area contributed by atoms with Gasteiger partial charge in [-0.3, -0.25) is 14.3 Å². The third-order valence-electron chi connectivity index (χ3n) is 5.65. The van der Waals surface area contributed by atoms with Crippen molar-refractivity contribution in [1.29, 1.82) is 0 Å². The zero-order chi connectivity index (χ0) is 23.6. The third kappa shape index (κ3) is 4.71. The van der Waals surface area contributed by atoms with Crippen molar-refractivity contribution in [3.8, 4) is 0 Å². The molecule has 32 heavy (non-hydrogen) atoms. The Morgan fingerprint density at radius 1 is 1.00 bits per heavy atom. The standard InChI is InChI=1S/C22H31N5O4S/c1-15(2)27-18(5)20(16(3)24-27)32(30,31)26-13-11-25(12-14-26)22(29)17(4)23-21(28)19-9-7-6-8-10-19/h6-10,15,17H,11-14H2,1-5H3,(H,23,28)/t17-/m0/s1. The van der Waals surface area contributed by atoms with Gasteiger partial charge in [0, 0.05) is 37.8 Å². The summed E-state index contributed by atoms with van der Waals surface area (Å²) in [5, 5.41) is 7.11. The summed E-state index contributed by atoms with van der Waals surface area (Å²) in [4.78, 5) is 27.0. The van der Waals surface area contributed by atoms with E-state index in [1.807, 2.05) is 19.9 Å². The van der Waals surface area contributed by atoms with E-state index in [1.165, 1.54) is 4.31 Å². The molecule has 1 atom stereocenters. The maximum Gasteiger partial charge on any atom is 0.251 e. The SMILES string of the molecule is Cc1nn(C(C)C)c(C)c1S(=O)(=O)N1CCN(C(=O)[C@H](C)NC(=O)c2ccccc2)CC1. The molecule has 1 aromatic heterocycles. The lowest BCUT2D eigenvalue weighted by Gasteiger charge is -2.35. The van der Waals surface area contributed by atoms with Gasteiger partial charge in [0.1, 0.15) is 10.9 Å². The van der Waals surface area contributed by atoms with Gasteiger partial charge in [-0.2, -0.15) is 9.40 Å². The zero-order valence-corrected chi connectivity index (χ0v) is 20.0. The zero-order valence-electron chi connectivity index (χ0n) is 19.2. The number of rotatable bonds is 6. The summed E-state index contributed by atoms with van der Waals surface area (Å²) in [5.41, 5.74) is 1.58. The summed E-state index contributed by atoms with van der Waals surface area (Å²) in [6.07, 6.45) is 0. The quantitative estimate of drug-likeness (QED) is 0.706. The van der Waals surface area contributed by atoms with Crippen LogP contribution in [0.4, 0.5) is 0 Å². The van der Waals surface area contributed by atoms with Crippen molar-refractivity contribution in [3.63, 3.8) is 0 Å². The molecule has 1 aromatic carbocycles. The number of hydrogen-bond donors (Lipinski definition) is 1. The van der Waals surface area contributed by atoms with E-state index >= 15 is 0 Å². The fourth-order valence-corrected chi connectivity index (χ4v) is 5.79. The summed E-state index contributed by atoms with van der Waals surface area (Å²) in [6, 6.07) is 8.04. The molecule has 1 N–H and O–H groups in total. The summed E-state index contributed by atoms with van der Waals surface area (Å²) < 4.78 is 29.7. The van der Waals surface area contributed by atoms with Gasteiger partial charge in [0.05, 0.1) is 11.4 Å². The first-order valence-electron chi connectivity index (χ1n) is 10.7. The molecule has 0 spiro atoms. The second-order valence-electron chi connectivity index (χ2n) is 8.33. The van der Waals surface area contributed by atoms with E-state index in [9.17, 15) is 18.0 Å². The number of amides is 2. The first kappa shape index (κ1) is 23.9. The lowest BCUT2D eigenvalue weighted by atomic mass is 10.2. The summed E-state index contributed by atoms with van der Waals surface area (Å²) in [7, 11) is -3.72. The Morgan fingerprint density at radius 3 is 2.12 bits per heavy atom. The van der Waals surface area contributed by atoms with Gasteiger partial charge in [-0.1, -0.05) is 18.2 Å². The minimum absolute atomic E-state index is 0.0553. The lowest BCUT2D eigenvalue weighted by molar-refractivity contribution is -0.134. The number of carbonyl (C=O) groups is 2. The molecule has 0 unspecified atom stereocenters. The van der Waals surface area contributed by atoms with Gasteiger partial charge in [-0.15, -0.1) is 0 Å². The molecule has 174 valence electrons. The Balaban J connectivity index is 1.64. The van der Waals surface area contributed by atoms with E-state index in [2.05, 4.69) is 10.4 Å². The van der Waals surface area contributed by atoms with E-state index in [0.29, 0.717) is 17.0 Å². The first-order valence-corrected chi connectivity index (χ1v) is 12.2. The number of nitrogens with one attached hydrogen (secondary N) is 1. The maximum absolute atomic E-state index is 13.3. The Labute approximate surface area is 189 Å². The highest BCUT2D eigenvalue weighted by Gasteiger charge is 2.35. The van der Waals surface area contributed by atoms with Crippen molar-refractivity contribution in [2.45, 2.75) is 51.6 Å². The van der Waals surface area contributed by atoms with Crippen LogP contribution in [0.5, 0.6) is 0 Å². The molecule has 0 radical (unpaired) electrons. The van der Waals surface area contributed by atoms with Crippen LogP contribution < -0.4 is 5.32 Å². The van der Waals surface area contributed by atoms with Crippen LogP contribution in [0.2, 0.25) is 0 Å². The maximum atomic E-state index is 13.3. The van der Waals surface area contributed by atoms with Crippen molar-refractivity contribution >= 4 is 21.8 Å². The smallest absolute Gasteiger partial charge is 0.251 e. The van der Waals surface area contributed by atoms with Crippen molar-refractivity contribution < 1.29 is 18.0 Å². The lowest BCUT2D eigenvalue weighted by Crippen LogP contribution is -2.55. The molecule has 2 heterocycles. The van der Waals surface area contributed by atoms with Crippen molar-refractivity contribution in [2.24, 2.45) is 0 Å². The van der Waals surface area contributed by atoms with Gasteiger partial charge in [-0.05, 0) is 46.8 Å². The molecule has 1 saturated heterocycles. The summed E-state index contributed by atoms with van der Waals surface area (Å²) >= 11 is 0. The van der Waals surface area contributed by atoms with Gasteiger partial charge in [0.2, 0.25) is 15.9 Å². The minimum Gasteiger partial charge on any atom is -0.341 e. The third-order valence-corrected chi connectivity index (χ3v) is 7.80. The van der Waals surface area contributed by atoms with Crippen molar-refractivity contribution in [1.82, 2.24) is 24.3 Å². The fraction of sp³-hybridized carbons (Fsp3) is 0.500. The second-order valence-corrected chi connectivity index (χ2v) is 10.2. The Hall–Kier alpha value is -2.72. The number of carbonyl (C=O) groups excluding carboxylic acids is 2. The second kappa shape index (κ2) is 9.41. The molecule has 9 nitrogen and oxygen atoms in total. The van der Waals surface area contributed by atoms with Crippen LogP contribution in [0.15, 0.2) is 35.2 Å². The van der Waals surface area contributed by atoms with Gasteiger partial charge in [-0.25, -0.2) is 8.42 Å². The molecular weight excluding hydrogens is 430 g/mol. The summed E-state index contributed by atoms with van der Waals surface area (Å²) in [5.74, 6) is -0.549. The predicted octanol–water partition coefficient (Wildman–Crippen LogP) is 1.73. The number of nitrogens with zero attached hydrogens (tertiary/aromatic N) is 4. The van der Waals surface area contributed by atoms with Crippen molar-refractivity contribution in [3.05, 3.63) is 47.3 Å². The van der Waals surface area contributed by atoms with Crippen LogP contribution in [-0.4, -0.2) is 71.4 Å². The molecule has 0 bridgehead atoms. The van der Waals surface area contributed by atoms with Gasteiger partial charge < -0.3 is 10.2 Å². The molecule has 3 rings (SSSR count). The Kier molecular flexibility index (Phi) is 7.04. The van der Waals surface area contributed by atoms with E-state index in [-0.39, 0.29) is 48.9 Å². The molecule has 10 heteroatoms. The number of aryl methyl sites for hydroxylation is 1. The molecule has 1 aliphatic rings. The largest absolute Gasteiger partial charge is 0.341 e. The van der Waals surface area contributed by atoms with Crippen LogP contribution in [-0.2, 0) is 14.8 Å². The molecule has 0 aliphatic carbocycles. The monoisotopic (exact) mass is 461 g/mol. The predicted molar refractivity (Wildman–Crippen MR) is 121 cm³/mol. The molecule has 0 saturated carbocycles. The average Bonchev–Trinajstić information content (AvgIpc) is 3.08. The molecular formula is C22H31N5O4S. The van der Waals surface area contributed by atoms with Crippen LogP contribution in [0.3, 0.4) is 0 Å². The van der Waals surface area contributed by atoms with E-state index < -0.39 is 16.1 Å². The van der Waals surface area contributed by atoms with Crippen LogP contribution >= 0.6 is 0 Å².